The summed E-state index contributed by atoms with van der Waals surface area (Å²) in [4.78, 5) is 22.9. The maximum Gasteiger partial charge on any atom is 0.311 e. The van der Waals surface area contributed by atoms with E-state index in [1.165, 1.54) is 47.4 Å². The molecule has 0 atom stereocenters. The number of ether oxygens (including phenoxy) is 1. The van der Waals surface area contributed by atoms with E-state index in [1.807, 2.05) is 0 Å². The van der Waals surface area contributed by atoms with Crippen molar-refractivity contribution in [2.24, 2.45) is 0 Å². The molecule has 9 nitrogen and oxygen atoms in total. The average molecular weight is 468 g/mol. The number of nitro benzene ring substituents is 1. The zero-order valence-electron chi connectivity index (χ0n) is 17.5. The summed E-state index contributed by atoms with van der Waals surface area (Å²) >= 11 is 1.31. The van der Waals surface area contributed by atoms with Crippen LogP contribution in [-0.4, -0.2) is 49.5 Å². The lowest BCUT2D eigenvalue weighted by Crippen LogP contribution is -2.30. The number of hydrogen-bond donors (Lipinski definition) is 1. The number of carbonyl (C=O) groups excluding carboxylic acids is 1. The minimum atomic E-state index is -3.55. The van der Waals surface area contributed by atoms with Crippen LogP contribution >= 0.6 is 11.8 Å². The maximum absolute atomic E-state index is 12.5. The standard InChI is InChI=1S/C20H25N3O6S2/c1-4-22(5-2)31(27,28)17-9-7-16(8-10-17)21-20(24)14-30-13-15-6-11-19(29-3)18(12-15)23(25)26/h6-12H,4-5,13-14H2,1-3H3,(H,21,24). The highest BCUT2D eigenvalue weighted by molar-refractivity contribution is 7.99. The molecule has 0 unspecified atom stereocenters. The number of hydrogen-bond acceptors (Lipinski definition) is 7. The van der Waals surface area contributed by atoms with Gasteiger partial charge in [0, 0.05) is 30.6 Å². The molecule has 0 fully saturated rings. The van der Waals surface area contributed by atoms with Crippen LogP contribution in [0.1, 0.15) is 19.4 Å². The fraction of sp³-hybridized carbons (Fsp3) is 0.350. The molecule has 1 amide bonds. The molecule has 0 radical (unpaired) electrons. The van der Waals surface area contributed by atoms with Gasteiger partial charge in [-0.25, -0.2) is 8.42 Å². The molecule has 1 N–H and O–H groups in total. The molecule has 0 heterocycles. The number of methoxy groups -OCH3 is 1. The quantitative estimate of drug-likeness (QED) is 0.397. The first-order valence-corrected chi connectivity index (χ1v) is 12.1. The van der Waals surface area contributed by atoms with Gasteiger partial charge in [-0.05, 0) is 35.9 Å². The normalized spacial score (nSPS) is 11.4. The SMILES string of the molecule is CCN(CC)S(=O)(=O)c1ccc(NC(=O)CSCc2ccc(OC)c([N+](=O)[O-])c2)cc1. The first-order valence-electron chi connectivity index (χ1n) is 9.52. The molecule has 0 aliphatic heterocycles. The Bertz CT molecular complexity index is 1020. The number of sulfonamides is 1. The van der Waals surface area contributed by atoms with E-state index in [9.17, 15) is 23.3 Å². The van der Waals surface area contributed by atoms with Crippen molar-refractivity contribution in [1.29, 1.82) is 0 Å². The van der Waals surface area contributed by atoms with Crippen LogP contribution in [0.2, 0.25) is 0 Å². The highest BCUT2D eigenvalue weighted by Gasteiger charge is 2.21. The van der Waals surface area contributed by atoms with Gasteiger partial charge in [-0.1, -0.05) is 19.9 Å². The molecule has 2 aromatic carbocycles. The van der Waals surface area contributed by atoms with E-state index in [0.717, 1.165) is 0 Å². The van der Waals surface area contributed by atoms with E-state index in [2.05, 4.69) is 5.32 Å². The topological polar surface area (TPSA) is 119 Å². The fourth-order valence-corrected chi connectivity index (χ4v) is 5.08. The van der Waals surface area contributed by atoms with Gasteiger partial charge in [0.1, 0.15) is 0 Å². The number of amides is 1. The van der Waals surface area contributed by atoms with Gasteiger partial charge >= 0.3 is 5.69 Å². The first kappa shape index (κ1) is 24.6. The second kappa shape index (κ2) is 11.1. The van der Waals surface area contributed by atoms with E-state index in [-0.39, 0.29) is 28.0 Å². The predicted octanol–water partition coefficient (Wildman–Crippen LogP) is 3.51. The Morgan fingerprint density at radius 1 is 1.16 bits per heavy atom. The van der Waals surface area contributed by atoms with E-state index in [0.29, 0.717) is 30.1 Å². The molecule has 0 saturated heterocycles. The van der Waals surface area contributed by atoms with Crippen LogP contribution in [0.15, 0.2) is 47.4 Å². The summed E-state index contributed by atoms with van der Waals surface area (Å²) in [5.41, 5.74) is 1.07. The number of nitrogens with zero attached hydrogens (tertiary/aromatic N) is 2. The molecule has 2 rings (SSSR count). The number of nitro groups is 1. The van der Waals surface area contributed by atoms with Gasteiger partial charge in [0.05, 0.1) is 22.7 Å². The molecular formula is C20H25N3O6S2. The zero-order chi connectivity index (χ0) is 23.0. The lowest BCUT2D eigenvalue weighted by atomic mass is 10.2. The van der Waals surface area contributed by atoms with E-state index < -0.39 is 14.9 Å². The second-order valence-electron chi connectivity index (χ2n) is 6.42. The molecule has 2 aromatic rings. The summed E-state index contributed by atoms with van der Waals surface area (Å²) in [6.07, 6.45) is 0. The van der Waals surface area contributed by atoms with E-state index in [1.54, 1.807) is 32.0 Å². The molecule has 0 aliphatic rings. The number of benzene rings is 2. The molecular weight excluding hydrogens is 442 g/mol. The van der Waals surface area contributed by atoms with Crippen LogP contribution in [0.5, 0.6) is 5.75 Å². The monoisotopic (exact) mass is 467 g/mol. The third-order valence-corrected chi connectivity index (χ3v) is 7.49. The Kier molecular flexibility index (Phi) is 8.84. The van der Waals surface area contributed by atoms with Gasteiger partial charge in [-0.15, -0.1) is 11.8 Å². The van der Waals surface area contributed by atoms with Crippen LogP contribution in [0.4, 0.5) is 11.4 Å². The third-order valence-electron chi connectivity index (χ3n) is 4.42. The largest absolute Gasteiger partial charge is 0.490 e. The number of rotatable bonds is 11. The number of thioether (sulfide) groups is 1. The van der Waals surface area contributed by atoms with Crippen LogP contribution in [0.3, 0.4) is 0 Å². The summed E-state index contributed by atoms with van der Waals surface area (Å²) in [6, 6.07) is 10.7. The Morgan fingerprint density at radius 2 is 1.81 bits per heavy atom. The van der Waals surface area contributed by atoms with Crippen molar-refractivity contribution in [1.82, 2.24) is 4.31 Å². The van der Waals surface area contributed by atoms with Gasteiger partial charge in [0.2, 0.25) is 15.9 Å². The van der Waals surface area contributed by atoms with Crippen LogP contribution in [0.25, 0.3) is 0 Å². The van der Waals surface area contributed by atoms with E-state index in [4.69, 9.17) is 4.74 Å². The van der Waals surface area contributed by atoms with Gasteiger partial charge in [0.25, 0.3) is 0 Å². The highest BCUT2D eigenvalue weighted by atomic mass is 32.2. The number of nitrogens with one attached hydrogen (secondary N) is 1. The van der Waals surface area contributed by atoms with Crippen molar-refractivity contribution < 1.29 is 22.9 Å². The summed E-state index contributed by atoms with van der Waals surface area (Å²) in [7, 11) is -2.18. The smallest absolute Gasteiger partial charge is 0.311 e. The Morgan fingerprint density at radius 3 is 2.35 bits per heavy atom. The predicted molar refractivity (Wildman–Crippen MR) is 121 cm³/mol. The van der Waals surface area contributed by atoms with Crippen molar-refractivity contribution in [3.8, 4) is 5.75 Å². The Hall–Kier alpha value is -2.63. The zero-order valence-corrected chi connectivity index (χ0v) is 19.2. The van der Waals surface area contributed by atoms with Crippen molar-refractivity contribution in [3.05, 3.63) is 58.1 Å². The van der Waals surface area contributed by atoms with Crippen LogP contribution < -0.4 is 10.1 Å². The Balaban J connectivity index is 1.92. The molecule has 11 heteroatoms. The summed E-state index contributed by atoms with van der Waals surface area (Å²) in [5, 5.41) is 13.8. The van der Waals surface area contributed by atoms with Crippen LogP contribution in [0, 0.1) is 10.1 Å². The van der Waals surface area contributed by atoms with Crippen molar-refractivity contribution >= 4 is 39.1 Å². The minimum Gasteiger partial charge on any atom is -0.490 e. The van der Waals surface area contributed by atoms with Gasteiger partial charge in [-0.2, -0.15) is 4.31 Å². The summed E-state index contributed by atoms with van der Waals surface area (Å²) in [5.74, 6) is 0.480. The molecule has 0 bridgehead atoms. The molecule has 0 aromatic heterocycles. The fourth-order valence-electron chi connectivity index (χ4n) is 2.85. The van der Waals surface area contributed by atoms with E-state index >= 15 is 0 Å². The second-order valence-corrected chi connectivity index (χ2v) is 9.34. The number of carbonyl (C=O) groups is 1. The lowest BCUT2D eigenvalue weighted by molar-refractivity contribution is -0.385. The van der Waals surface area contributed by atoms with Gasteiger partial charge in [-0.3, -0.25) is 14.9 Å². The van der Waals surface area contributed by atoms with Crippen molar-refractivity contribution in [3.63, 3.8) is 0 Å². The number of anilines is 1. The van der Waals surface area contributed by atoms with Gasteiger partial charge in [0.15, 0.2) is 5.75 Å². The molecule has 0 spiro atoms. The summed E-state index contributed by atoms with van der Waals surface area (Å²) < 4.78 is 31.3. The molecule has 0 saturated carbocycles. The molecule has 0 aliphatic carbocycles. The molecule has 168 valence electrons. The highest BCUT2D eigenvalue weighted by Crippen LogP contribution is 2.29. The first-order chi connectivity index (χ1) is 14.7. The van der Waals surface area contributed by atoms with Crippen molar-refractivity contribution in [2.45, 2.75) is 24.5 Å². The summed E-state index contributed by atoms with van der Waals surface area (Å²) in [6.45, 7) is 4.31. The average Bonchev–Trinajstić information content (AvgIpc) is 2.74. The Labute approximate surface area is 186 Å². The van der Waals surface area contributed by atoms with Crippen LogP contribution in [-0.2, 0) is 20.6 Å². The van der Waals surface area contributed by atoms with Crippen molar-refractivity contribution in [2.75, 3.05) is 31.3 Å². The molecule has 31 heavy (non-hydrogen) atoms. The minimum absolute atomic E-state index is 0.121. The lowest BCUT2D eigenvalue weighted by Gasteiger charge is -2.18. The van der Waals surface area contributed by atoms with Gasteiger partial charge < -0.3 is 10.1 Å². The maximum atomic E-state index is 12.5. The third kappa shape index (κ3) is 6.42.